The molecule has 3 aromatic rings. The summed E-state index contributed by atoms with van der Waals surface area (Å²) >= 11 is 10.5. The van der Waals surface area contributed by atoms with Gasteiger partial charge in [0.05, 0.1) is 7.14 Å². The average molecular weight is 728 g/mol. The minimum absolute atomic E-state index is 0.0967. The molecule has 4 amide bonds. The van der Waals surface area contributed by atoms with E-state index in [1.165, 1.54) is 0 Å². The van der Waals surface area contributed by atoms with E-state index in [4.69, 9.17) is 16.3 Å². The molecule has 1 fully saturated rings. The van der Waals surface area contributed by atoms with E-state index in [0.717, 1.165) is 23.2 Å². The zero-order chi connectivity index (χ0) is 25.8. The fraction of sp³-hybridized carbons (Fsp3) is 0.115. The molecular formula is C26H20ClI2N3O4. The van der Waals surface area contributed by atoms with Crippen molar-refractivity contribution in [2.45, 2.75) is 13.5 Å². The molecule has 0 unspecified atom stereocenters. The van der Waals surface area contributed by atoms with Crippen LogP contribution in [0.3, 0.4) is 0 Å². The number of rotatable bonds is 7. The van der Waals surface area contributed by atoms with Crippen LogP contribution in [0.4, 0.5) is 10.5 Å². The molecule has 7 nitrogen and oxygen atoms in total. The van der Waals surface area contributed by atoms with Crippen molar-refractivity contribution in [3.8, 4) is 5.75 Å². The summed E-state index contributed by atoms with van der Waals surface area (Å²) in [5.74, 6) is -0.328. The molecule has 3 aromatic carbocycles. The second kappa shape index (κ2) is 11.6. The Kier molecular flexibility index (Phi) is 8.52. The highest BCUT2D eigenvalue weighted by Gasteiger charge is 2.35. The van der Waals surface area contributed by atoms with E-state index in [0.29, 0.717) is 28.6 Å². The van der Waals surface area contributed by atoms with Crippen molar-refractivity contribution < 1.29 is 19.1 Å². The van der Waals surface area contributed by atoms with Gasteiger partial charge in [-0.25, -0.2) is 9.69 Å². The van der Waals surface area contributed by atoms with Gasteiger partial charge in [-0.15, -0.1) is 0 Å². The lowest BCUT2D eigenvalue weighted by Gasteiger charge is -2.13. The summed E-state index contributed by atoms with van der Waals surface area (Å²) in [6.45, 7) is 1.87. The van der Waals surface area contributed by atoms with Crippen LogP contribution < -0.4 is 15.4 Å². The summed E-state index contributed by atoms with van der Waals surface area (Å²) in [5, 5.41) is 5.88. The molecule has 0 bridgehead atoms. The second-order valence-electron chi connectivity index (χ2n) is 7.99. The molecule has 2 N–H and O–H groups in total. The van der Waals surface area contributed by atoms with Crippen LogP contribution in [0.25, 0.3) is 6.08 Å². The van der Waals surface area contributed by atoms with Gasteiger partial charge in [-0.2, -0.15) is 0 Å². The molecule has 1 aliphatic heterocycles. The fourth-order valence-corrected chi connectivity index (χ4v) is 5.75. The number of halogens is 3. The molecule has 0 spiro atoms. The number of benzene rings is 3. The molecule has 184 valence electrons. The number of carbonyl (C=O) groups excluding carboxylic acids is 3. The van der Waals surface area contributed by atoms with Crippen molar-refractivity contribution in [1.29, 1.82) is 0 Å². The molecule has 1 aliphatic rings. The highest BCUT2D eigenvalue weighted by Crippen LogP contribution is 2.31. The van der Waals surface area contributed by atoms with Crippen LogP contribution in [0.2, 0.25) is 5.02 Å². The maximum Gasteiger partial charge on any atom is 0.329 e. The number of nitrogens with one attached hydrogen (secondary N) is 2. The molecule has 4 rings (SSSR count). The van der Waals surface area contributed by atoms with Crippen molar-refractivity contribution in [1.82, 2.24) is 10.2 Å². The standard InChI is InChI=1S/C26H20ClI2N3O4/c1-15-6-8-18(9-7-15)30-23(33)13-32-25(34)22(31-26(32)35)12-16-10-20(28)24(21(29)11-16)36-14-17-4-2-3-5-19(17)27/h2-12H,13-14H2,1H3,(H,30,33)(H,31,35)/b22-12+. The molecule has 0 saturated carbocycles. The highest BCUT2D eigenvalue weighted by molar-refractivity contribution is 14.1. The number of hydrogen-bond donors (Lipinski definition) is 2. The minimum atomic E-state index is -0.644. The summed E-state index contributed by atoms with van der Waals surface area (Å²) < 4.78 is 7.68. The number of amides is 4. The Bertz CT molecular complexity index is 1350. The second-order valence-corrected chi connectivity index (χ2v) is 10.7. The SMILES string of the molecule is Cc1ccc(NC(=O)CN2C(=O)N/C(=C/c3cc(I)c(OCc4ccccc4Cl)c(I)c3)C2=O)cc1. The van der Waals surface area contributed by atoms with Gasteiger partial charge < -0.3 is 15.4 Å². The van der Waals surface area contributed by atoms with Gasteiger partial charge in [0.2, 0.25) is 5.91 Å². The Morgan fingerprint density at radius 1 is 1.08 bits per heavy atom. The van der Waals surface area contributed by atoms with Crippen LogP contribution >= 0.6 is 56.8 Å². The summed E-state index contributed by atoms with van der Waals surface area (Å²) in [6, 6.07) is 17.8. The topological polar surface area (TPSA) is 87.7 Å². The number of hydrogen-bond acceptors (Lipinski definition) is 4. The van der Waals surface area contributed by atoms with Gasteiger partial charge >= 0.3 is 6.03 Å². The fourth-order valence-electron chi connectivity index (χ4n) is 3.43. The summed E-state index contributed by atoms with van der Waals surface area (Å²) in [6.07, 6.45) is 1.58. The Morgan fingerprint density at radius 3 is 2.42 bits per heavy atom. The Balaban J connectivity index is 1.44. The van der Waals surface area contributed by atoms with Crippen LogP contribution in [0, 0.1) is 14.1 Å². The lowest BCUT2D eigenvalue weighted by molar-refractivity contribution is -0.127. The van der Waals surface area contributed by atoms with Gasteiger partial charge in [-0.1, -0.05) is 47.5 Å². The van der Waals surface area contributed by atoms with Crippen LogP contribution in [0.15, 0.2) is 66.4 Å². The first-order chi connectivity index (χ1) is 17.2. The van der Waals surface area contributed by atoms with Crippen LogP contribution in [0.1, 0.15) is 16.7 Å². The minimum Gasteiger partial charge on any atom is -0.487 e. The first kappa shape index (κ1) is 26.4. The maximum atomic E-state index is 12.8. The third-order valence-electron chi connectivity index (χ3n) is 5.26. The van der Waals surface area contributed by atoms with Crippen molar-refractivity contribution in [3.63, 3.8) is 0 Å². The number of ether oxygens (including phenoxy) is 1. The summed E-state index contributed by atoms with van der Waals surface area (Å²) in [7, 11) is 0. The average Bonchev–Trinajstić information content (AvgIpc) is 3.08. The molecule has 10 heteroatoms. The number of urea groups is 1. The van der Waals surface area contributed by atoms with E-state index in [9.17, 15) is 14.4 Å². The van der Waals surface area contributed by atoms with Gasteiger partial charge in [-0.05, 0) is 94.1 Å². The maximum absolute atomic E-state index is 12.8. The predicted octanol–water partition coefficient (Wildman–Crippen LogP) is 5.97. The molecule has 1 heterocycles. The Hall–Kier alpha value is -2.64. The summed E-state index contributed by atoms with van der Waals surface area (Å²) in [4.78, 5) is 38.5. The smallest absolute Gasteiger partial charge is 0.329 e. The van der Waals surface area contributed by atoms with E-state index < -0.39 is 17.8 Å². The number of carbonyl (C=O) groups is 3. The van der Waals surface area contributed by atoms with Crippen molar-refractivity contribution in [2.75, 3.05) is 11.9 Å². The molecule has 36 heavy (non-hydrogen) atoms. The zero-order valence-corrected chi connectivity index (χ0v) is 24.1. The molecule has 0 aliphatic carbocycles. The number of nitrogens with zero attached hydrogens (tertiary/aromatic N) is 1. The Morgan fingerprint density at radius 2 is 1.75 bits per heavy atom. The van der Waals surface area contributed by atoms with E-state index in [1.807, 2.05) is 55.5 Å². The zero-order valence-electron chi connectivity index (χ0n) is 19.0. The van der Waals surface area contributed by atoms with E-state index in [1.54, 1.807) is 18.2 Å². The molecule has 0 radical (unpaired) electrons. The third kappa shape index (κ3) is 6.37. The molecule has 0 atom stereocenters. The van der Waals surface area contributed by atoms with E-state index in [-0.39, 0.29) is 12.2 Å². The predicted molar refractivity (Wildman–Crippen MR) is 156 cm³/mol. The number of imide groups is 1. The van der Waals surface area contributed by atoms with Gasteiger partial charge in [0.25, 0.3) is 5.91 Å². The van der Waals surface area contributed by atoms with Gasteiger partial charge in [0.15, 0.2) is 0 Å². The quantitative estimate of drug-likeness (QED) is 0.179. The van der Waals surface area contributed by atoms with Crippen LogP contribution in [-0.2, 0) is 16.2 Å². The Labute approximate surface area is 240 Å². The number of anilines is 1. The first-order valence-electron chi connectivity index (χ1n) is 10.8. The molecule has 0 aromatic heterocycles. The van der Waals surface area contributed by atoms with Crippen molar-refractivity contribution >= 4 is 86.4 Å². The number of aryl methyl sites for hydroxylation is 1. The van der Waals surface area contributed by atoms with Crippen molar-refractivity contribution in [2.24, 2.45) is 0 Å². The van der Waals surface area contributed by atoms with Crippen LogP contribution in [0.5, 0.6) is 5.75 Å². The van der Waals surface area contributed by atoms with Gasteiger partial charge in [0.1, 0.15) is 24.6 Å². The van der Waals surface area contributed by atoms with E-state index in [2.05, 4.69) is 55.8 Å². The van der Waals surface area contributed by atoms with Crippen LogP contribution in [-0.4, -0.2) is 29.3 Å². The highest BCUT2D eigenvalue weighted by atomic mass is 127. The van der Waals surface area contributed by atoms with Gasteiger partial charge in [-0.3, -0.25) is 9.59 Å². The van der Waals surface area contributed by atoms with Gasteiger partial charge in [0, 0.05) is 16.3 Å². The first-order valence-corrected chi connectivity index (χ1v) is 13.3. The lowest BCUT2D eigenvalue weighted by Crippen LogP contribution is -2.38. The third-order valence-corrected chi connectivity index (χ3v) is 7.23. The molecular weight excluding hydrogens is 708 g/mol. The molecule has 1 saturated heterocycles. The summed E-state index contributed by atoms with van der Waals surface area (Å²) in [5.41, 5.74) is 3.33. The monoisotopic (exact) mass is 727 g/mol. The lowest BCUT2D eigenvalue weighted by atomic mass is 10.2. The normalized spacial score (nSPS) is 14.2. The largest absolute Gasteiger partial charge is 0.487 e. The van der Waals surface area contributed by atoms with Crippen molar-refractivity contribution in [3.05, 3.63) is 95.2 Å². The van der Waals surface area contributed by atoms with E-state index >= 15 is 0 Å².